The van der Waals surface area contributed by atoms with Gasteiger partial charge in [0.25, 0.3) is 0 Å². The lowest BCUT2D eigenvalue weighted by atomic mass is 10.3. The van der Waals surface area contributed by atoms with E-state index in [9.17, 15) is 0 Å². The number of thioether (sulfide) groups is 1. The normalized spacial score (nSPS) is 20.5. The quantitative estimate of drug-likeness (QED) is 0.737. The Kier molecular flexibility index (Phi) is 6.85. The van der Waals surface area contributed by atoms with Gasteiger partial charge in [-0.05, 0) is 6.92 Å². The van der Waals surface area contributed by atoms with Crippen LogP contribution in [-0.4, -0.2) is 60.8 Å². The Morgan fingerprint density at radius 3 is 2.53 bits per heavy atom. The van der Waals surface area contributed by atoms with Crippen molar-refractivity contribution in [1.82, 2.24) is 10.2 Å². The molecule has 1 atom stereocenters. The third-order valence-electron chi connectivity index (χ3n) is 2.77. The second-order valence-electron chi connectivity index (χ2n) is 5.73. The van der Waals surface area contributed by atoms with E-state index in [1.807, 2.05) is 11.8 Å². The molecule has 102 valence electrons. The summed E-state index contributed by atoms with van der Waals surface area (Å²) in [4.78, 5) is 2.48. The van der Waals surface area contributed by atoms with Gasteiger partial charge in [-0.2, -0.15) is 11.8 Å². The molecule has 0 saturated carbocycles. The van der Waals surface area contributed by atoms with Crippen molar-refractivity contribution in [2.75, 3.05) is 45.1 Å². The summed E-state index contributed by atoms with van der Waals surface area (Å²) in [5.74, 6) is 1.19. The molecule has 1 aliphatic rings. The van der Waals surface area contributed by atoms with Gasteiger partial charge in [0.05, 0.1) is 13.2 Å². The molecular weight excluding hydrogens is 232 g/mol. The highest BCUT2D eigenvalue weighted by Crippen LogP contribution is 2.22. The maximum absolute atomic E-state index is 5.35. The van der Waals surface area contributed by atoms with Gasteiger partial charge >= 0.3 is 0 Å². The minimum Gasteiger partial charge on any atom is -0.379 e. The molecule has 3 nitrogen and oxygen atoms in total. The highest BCUT2D eigenvalue weighted by molar-refractivity contribution is 8.00. The second-order valence-corrected chi connectivity index (χ2v) is 7.65. The fourth-order valence-corrected chi connectivity index (χ4v) is 2.73. The van der Waals surface area contributed by atoms with Crippen LogP contribution in [0.2, 0.25) is 0 Å². The largest absolute Gasteiger partial charge is 0.379 e. The van der Waals surface area contributed by atoms with Crippen molar-refractivity contribution in [3.8, 4) is 0 Å². The van der Waals surface area contributed by atoms with E-state index in [4.69, 9.17) is 4.74 Å². The van der Waals surface area contributed by atoms with E-state index < -0.39 is 0 Å². The summed E-state index contributed by atoms with van der Waals surface area (Å²) in [5, 5.41) is 3.60. The third kappa shape index (κ3) is 8.03. The van der Waals surface area contributed by atoms with E-state index in [1.165, 1.54) is 5.75 Å². The molecule has 1 unspecified atom stereocenters. The summed E-state index contributed by atoms with van der Waals surface area (Å²) in [6.45, 7) is 15.3. The molecular formula is C13H28N2OS. The number of nitrogens with one attached hydrogen (secondary N) is 1. The predicted octanol–water partition coefficient (Wildman–Crippen LogP) is 1.83. The topological polar surface area (TPSA) is 24.5 Å². The van der Waals surface area contributed by atoms with Crippen LogP contribution >= 0.6 is 11.8 Å². The molecule has 0 aliphatic carbocycles. The van der Waals surface area contributed by atoms with Gasteiger partial charge in [-0.25, -0.2) is 0 Å². The number of hydrogen-bond donors (Lipinski definition) is 1. The average Bonchev–Trinajstić information content (AvgIpc) is 2.25. The number of hydrogen-bond acceptors (Lipinski definition) is 4. The first-order chi connectivity index (χ1) is 7.97. The smallest absolute Gasteiger partial charge is 0.0594 e. The molecule has 1 fully saturated rings. The predicted molar refractivity (Wildman–Crippen MR) is 76.9 cm³/mol. The molecule has 0 bridgehead atoms. The lowest BCUT2D eigenvalue weighted by molar-refractivity contribution is 0.0345. The van der Waals surface area contributed by atoms with Crippen LogP contribution in [0.1, 0.15) is 27.7 Å². The number of nitrogens with zero attached hydrogens (tertiary/aromatic N) is 1. The van der Waals surface area contributed by atoms with Gasteiger partial charge in [0.2, 0.25) is 0 Å². The molecule has 17 heavy (non-hydrogen) atoms. The molecule has 4 heteroatoms. The maximum atomic E-state index is 5.35. The summed E-state index contributed by atoms with van der Waals surface area (Å²) in [6.07, 6.45) is 0. The van der Waals surface area contributed by atoms with E-state index in [2.05, 4.69) is 37.9 Å². The first-order valence-corrected chi connectivity index (χ1v) is 7.63. The van der Waals surface area contributed by atoms with Crippen LogP contribution in [-0.2, 0) is 4.74 Å². The first-order valence-electron chi connectivity index (χ1n) is 6.65. The lowest BCUT2D eigenvalue weighted by Gasteiger charge is -2.29. The molecule has 0 spiro atoms. The number of morpholine rings is 1. The lowest BCUT2D eigenvalue weighted by Crippen LogP contribution is -2.44. The summed E-state index contributed by atoms with van der Waals surface area (Å²) in [7, 11) is 0. The van der Waals surface area contributed by atoms with Gasteiger partial charge in [0, 0.05) is 42.7 Å². The fourth-order valence-electron chi connectivity index (χ4n) is 1.90. The third-order valence-corrected chi connectivity index (χ3v) is 4.04. The molecule has 0 radical (unpaired) electrons. The number of rotatable bonds is 6. The highest BCUT2D eigenvalue weighted by Gasteiger charge is 2.14. The monoisotopic (exact) mass is 260 g/mol. The Hall–Kier alpha value is 0.230. The Bertz CT molecular complexity index is 200. The Morgan fingerprint density at radius 1 is 1.29 bits per heavy atom. The Morgan fingerprint density at radius 2 is 1.94 bits per heavy atom. The zero-order valence-electron chi connectivity index (χ0n) is 11.8. The van der Waals surface area contributed by atoms with Gasteiger partial charge < -0.3 is 10.1 Å². The van der Waals surface area contributed by atoms with Crippen molar-refractivity contribution in [2.45, 2.75) is 38.5 Å². The van der Waals surface area contributed by atoms with Gasteiger partial charge in [0.15, 0.2) is 0 Å². The van der Waals surface area contributed by atoms with Crippen molar-refractivity contribution < 1.29 is 4.74 Å². The van der Waals surface area contributed by atoms with Crippen LogP contribution in [0.4, 0.5) is 0 Å². The van der Waals surface area contributed by atoms with E-state index in [0.29, 0.717) is 10.8 Å². The van der Waals surface area contributed by atoms with Crippen molar-refractivity contribution in [1.29, 1.82) is 0 Å². The molecule has 0 aromatic heterocycles. The highest BCUT2D eigenvalue weighted by atomic mass is 32.2. The van der Waals surface area contributed by atoms with Crippen LogP contribution < -0.4 is 5.32 Å². The van der Waals surface area contributed by atoms with Crippen LogP contribution in [0.5, 0.6) is 0 Å². The zero-order chi connectivity index (χ0) is 12.7. The minimum atomic E-state index is 0.384. The number of ether oxygens (including phenoxy) is 1. The average molecular weight is 260 g/mol. The van der Waals surface area contributed by atoms with Crippen molar-refractivity contribution in [3.63, 3.8) is 0 Å². The molecule has 1 N–H and O–H groups in total. The van der Waals surface area contributed by atoms with E-state index in [-0.39, 0.29) is 0 Å². The Labute approximate surface area is 111 Å². The molecule has 0 amide bonds. The van der Waals surface area contributed by atoms with E-state index in [0.717, 1.165) is 39.4 Å². The SMILES string of the molecule is CC(CN1CCOCC1)NCCSC(C)(C)C. The molecule has 0 aromatic carbocycles. The molecule has 1 saturated heterocycles. The molecule has 1 heterocycles. The summed E-state index contributed by atoms with van der Waals surface area (Å²) < 4.78 is 5.74. The molecule has 1 aliphatic heterocycles. The summed E-state index contributed by atoms with van der Waals surface area (Å²) in [6, 6.07) is 0.577. The van der Waals surface area contributed by atoms with Gasteiger partial charge in [0.1, 0.15) is 0 Å². The van der Waals surface area contributed by atoms with E-state index in [1.54, 1.807) is 0 Å². The molecule has 1 rings (SSSR count). The van der Waals surface area contributed by atoms with Crippen LogP contribution in [0.3, 0.4) is 0 Å². The van der Waals surface area contributed by atoms with Crippen molar-refractivity contribution >= 4 is 11.8 Å². The standard InChI is InChI=1S/C13H28N2OS/c1-12(11-15-6-8-16-9-7-15)14-5-10-17-13(2,3)4/h12,14H,5-11H2,1-4H3. The zero-order valence-corrected chi connectivity index (χ0v) is 12.6. The van der Waals surface area contributed by atoms with Crippen molar-refractivity contribution in [3.05, 3.63) is 0 Å². The Balaban J connectivity index is 2.02. The van der Waals surface area contributed by atoms with Crippen molar-refractivity contribution in [2.24, 2.45) is 0 Å². The summed E-state index contributed by atoms with van der Waals surface area (Å²) in [5.41, 5.74) is 0. The fraction of sp³-hybridized carbons (Fsp3) is 1.00. The van der Waals surface area contributed by atoms with E-state index >= 15 is 0 Å². The second kappa shape index (κ2) is 7.62. The van der Waals surface area contributed by atoms with Crippen LogP contribution in [0.15, 0.2) is 0 Å². The van der Waals surface area contributed by atoms with Gasteiger partial charge in [-0.15, -0.1) is 0 Å². The van der Waals surface area contributed by atoms with Gasteiger partial charge in [-0.3, -0.25) is 4.90 Å². The minimum absolute atomic E-state index is 0.384. The summed E-state index contributed by atoms with van der Waals surface area (Å²) >= 11 is 2.03. The van der Waals surface area contributed by atoms with Crippen LogP contribution in [0.25, 0.3) is 0 Å². The van der Waals surface area contributed by atoms with Gasteiger partial charge in [-0.1, -0.05) is 20.8 Å². The maximum Gasteiger partial charge on any atom is 0.0594 e. The van der Waals surface area contributed by atoms with Crippen LogP contribution in [0, 0.1) is 0 Å². The first kappa shape index (κ1) is 15.3. The molecule has 0 aromatic rings.